The van der Waals surface area contributed by atoms with Crippen molar-refractivity contribution in [3.63, 3.8) is 0 Å². The molecule has 1 aliphatic rings. The van der Waals surface area contributed by atoms with Crippen LogP contribution in [0, 0.1) is 10.1 Å². The summed E-state index contributed by atoms with van der Waals surface area (Å²) in [6, 6.07) is 7.97. The van der Waals surface area contributed by atoms with Crippen LogP contribution in [-0.2, 0) is 28.9 Å². The van der Waals surface area contributed by atoms with Crippen LogP contribution in [-0.4, -0.2) is 52.0 Å². The number of phosphoric acid groups is 1. The molecule has 1 unspecified atom stereocenters. The topological polar surface area (TPSA) is 194 Å². The fourth-order valence-corrected chi connectivity index (χ4v) is 4.69. The minimum absolute atomic E-state index is 0.0557. The van der Waals surface area contributed by atoms with Gasteiger partial charge in [0.15, 0.2) is 0 Å². The summed E-state index contributed by atoms with van der Waals surface area (Å²) in [4.78, 5) is 71.3. The van der Waals surface area contributed by atoms with E-state index >= 15 is 0 Å². The van der Waals surface area contributed by atoms with Crippen LogP contribution in [0.4, 0.5) is 17.1 Å². The Balaban J connectivity index is 1.75. The first-order valence-corrected chi connectivity index (χ1v) is 14.8. The van der Waals surface area contributed by atoms with E-state index in [1.54, 1.807) is 6.07 Å². The lowest BCUT2D eigenvalue weighted by molar-refractivity contribution is -0.385. The third-order valence-electron chi connectivity index (χ3n) is 6.41. The van der Waals surface area contributed by atoms with Gasteiger partial charge < -0.3 is 15.2 Å². The molecule has 0 fully saturated rings. The van der Waals surface area contributed by atoms with Crippen molar-refractivity contribution in [2.75, 3.05) is 24.3 Å². The summed E-state index contributed by atoms with van der Waals surface area (Å²) in [5.74, 6) is -2.16. The van der Waals surface area contributed by atoms with Crippen LogP contribution in [0.5, 0.6) is 5.75 Å². The van der Waals surface area contributed by atoms with Crippen molar-refractivity contribution < 1.29 is 42.6 Å². The number of hydrogen-bond acceptors (Lipinski definition) is 9. The molecule has 1 aliphatic heterocycles. The van der Waals surface area contributed by atoms with Gasteiger partial charge in [0.25, 0.3) is 23.4 Å². The molecule has 14 nitrogen and oxygen atoms in total. The number of hydrogen-bond donors (Lipinski definition) is 3. The zero-order chi connectivity index (χ0) is 31.9. The van der Waals surface area contributed by atoms with Gasteiger partial charge in [0.05, 0.1) is 16.2 Å². The zero-order valence-corrected chi connectivity index (χ0v) is 25.0. The average Bonchev–Trinajstić information content (AvgIpc) is 3.25. The molecular weight excluding hydrogens is 583 g/mol. The van der Waals surface area contributed by atoms with Crippen LogP contribution in [0.1, 0.15) is 62.4 Å². The number of nitrogens with one attached hydrogen (secondary N) is 2. The molecule has 0 radical (unpaired) electrons. The first kappa shape index (κ1) is 33.1. The first-order valence-electron chi connectivity index (χ1n) is 13.3. The quantitative estimate of drug-likeness (QED) is 0.0934. The fraction of sp³-hybridized carbons (Fsp3) is 0.357. The molecule has 3 rings (SSSR count). The van der Waals surface area contributed by atoms with E-state index in [-0.39, 0.29) is 53.2 Å². The second kappa shape index (κ2) is 13.7. The zero-order valence-electron chi connectivity index (χ0n) is 24.1. The number of phosphoric ester groups is 1. The Morgan fingerprint density at radius 3 is 2.30 bits per heavy atom. The van der Waals surface area contributed by atoms with Gasteiger partial charge in [-0.1, -0.05) is 27.2 Å². The van der Waals surface area contributed by atoms with Crippen molar-refractivity contribution in [2.45, 2.75) is 51.9 Å². The molecule has 1 atom stereocenters. The second-order valence-corrected chi connectivity index (χ2v) is 12.1. The number of nitro benzene ring substituents is 1. The predicted octanol–water partition coefficient (Wildman–Crippen LogP) is 4.69. The predicted molar refractivity (Wildman–Crippen MR) is 157 cm³/mol. The van der Waals surface area contributed by atoms with E-state index in [2.05, 4.69) is 15.2 Å². The molecule has 0 aromatic heterocycles. The van der Waals surface area contributed by atoms with Crippen molar-refractivity contribution in [1.29, 1.82) is 0 Å². The number of carbonyl (C=O) groups excluding carboxylic acids is 4. The fourth-order valence-electron chi connectivity index (χ4n) is 4.24. The molecule has 15 heteroatoms. The Bertz CT molecular complexity index is 1500. The summed E-state index contributed by atoms with van der Waals surface area (Å²) in [6.07, 6.45) is 3.97. The van der Waals surface area contributed by atoms with Gasteiger partial charge in [-0.15, -0.1) is 0 Å². The lowest BCUT2D eigenvalue weighted by atomic mass is 9.85. The highest BCUT2D eigenvalue weighted by Crippen LogP contribution is 2.43. The number of nitro groups is 1. The van der Waals surface area contributed by atoms with Crippen molar-refractivity contribution in [1.82, 2.24) is 4.90 Å². The second-order valence-electron chi connectivity index (χ2n) is 10.7. The Hall–Kier alpha value is -4.39. The number of rotatable bonds is 13. The van der Waals surface area contributed by atoms with Gasteiger partial charge in [-0.05, 0) is 48.6 Å². The van der Waals surface area contributed by atoms with Crippen LogP contribution < -0.4 is 15.2 Å². The van der Waals surface area contributed by atoms with Gasteiger partial charge >= 0.3 is 7.82 Å². The highest BCUT2D eigenvalue weighted by atomic mass is 31.2. The van der Waals surface area contributed by atoms with Crippen LogP contribution >= 0.6 is 7.82 Å². The third-order valence-corrected chi connectivity index (χ3v) is 7.31. The minimum atomic E-state index is -4.47. The number of imide groups is 1. The number of carbonyl (C=O) groups is 4. The van der Waals surface area contributed by atoms with E-state index in [4.69, 9.17) is 4.52 Å². The van der Waals surface area contributed by atoms with E-state index in [0.717, 1.165) is 18.1 Å². The molecule has 43 heavy (non-hydrogen) atoms. The van der Waals surface area contributed by atoms with Crippen molar-refractivity contribution >= 4 is 48.5 Å². The maximum Gasteiger partial charge on any atom is 0.527 e. The summed E-state index contributed by atoms with van der Waals surface area (Å²) < 4.78 is 21.3. The van der Waals surface area contributed by atoms with E-state index < -0.39 is 30.0 Å². The van der Waals surface area contributed by atoms with Crippen molar-refractivity contribution in [3.8, 4) is 5.75 Å². The Labute approximate surface area is 247 Å². The van der Waals surface area contributed by atoms with Gasteiger partial charge in [-0.3, -0.25) is 43.6 Å². The number of benzene rings is 2. The molecule has 230 valence electrons. The lowest BCUT2D eigenvalue weighted by Gasteiger charge is -2.19. The summed E-state index contributed by atoms with van der Waals surface area (Å²) in [6.45, 7) is 5.70. The van der Waals surface area contributed by atoms with Crippen LogP contribution in [0.2, 0.25) is 0 Å². The van der Waals surface area contributed by atoms with E-state index in [9.17, 15) is 38.8 Å². The molecule has 1 heterocycles. The van der Waals surface area contributed by atoms with Crippen molar-refractivity contribution in [2.24, 2.45) is 0 Å². The molecule has 4 amide bonds. The van der Waals surface area contributed by atoms with Gasteiger partial charge in [0, 0.05) is 49.5 Å². The molecule has 2 aromatic rings. The maximum atomic E-state index is 13.3. The van der Waals surface area contributed by atoms with Crippen molar-refractivity contribution in [3.05, 3.63) is 69.8 Å². The molecule has 0 saturated carbocycles. The van der Waals surface area contributed by atoms with Gasteiger partial charge in [-0.2, -0.15) is 0 Å². The molecule has 0 spiro atoms. The van der Waals surface area contributed by atoms with Gasteiger partial charge in [-0.25, -0.2) is 4.57 Å². The monoisotopic (exact) mass is 616 g/mol. The lowest BCUT2D eigenvalue weighted by Crippen LogP contribution is -2.30. The maximum absolute atomic E-state index is 13.3. The molecule has 3 N–H and O–H groups in total. The highest BCUT2D eigenvalue weighted by Gasteiger charge is 2.27. The van der Waals surface area contributed by atoms with Gasteiger partial charge in [0.2, 0.25) is 5.91 Å². The number of amides is 4. The van der Waals surface area contributed by atoms with Crippen LogP contribution in [0.15, 0.2) is 48.6 Å². The Kier molecular flexibility index (Phi) is 10.6. The highest BCUT2D eigenvalue weighted by molar-refractivity contribution is 7.47. The summed E-state index contributed by atoms with van der Waals surface area (Å²) in [7, 11) is -3.51. The third kappa shape index (κ3) is 9.05. The summed E-state index contributed by atoms with van der Waals surface area (Å²) in [5.41, 5.74) is -0.237. The summed E-state index contributed by atoms with van der Waals surface area (Å²) >= 11 is 0. The smallest absolute Gasteiger partial charge is 0.404 e. The average molecular weight is 617 g/mol. The molecule has 0 bridgehead atoms. The van der Waals surface area contributed by atoms with Gasteiger partial charge in [0.1, 0.15) is 5.75 Å². The summed E-state index contributed by atoms with van der Waals surface area (Å²) in [5, 5.41) is 16.9. The van der Waals surface area contributed by atoms with E-state index in [1.807, 2.05) is 20.8 Å². The van der Waals surface area contributed by atoms with Crippen LogP contribution in [0.25, 0.3) is 0 Å². The van der Waals surface area contributed by atoms with E-state index in [0.29, 0.717) is 24.8 Å². The molecule has 2 aromatic carbocycles. The molecular formula is C28H33N4O10P. The normalized spacial score (nSPS) is 14.4. The Morgan fingerprint density at radius 2 is 1.70 bits per heavy atom. The van der Waals surface area contributed by atoms with E-state index in [1.165, 1.54) is 36.4 Å². The minimum Gasteiger partial charge on any atom is -0.404 e. The molecule has 0 saturated heterocycles. The Morgan fingerprint density at radius 1 is 1.02 bits per heavy atom. The first-order chi connectivity index (χ1) is 20.1. The largest absolute Gasteiger partial charge is 0.527 e. The molecule has 0 aliphatic carbocycles. The number of unbranched alkanes of at least 4 members (excludes halogenated alkanes) is 2. The number of nitrogens with zero attached hydrogens (tertiary/aromatic N) is 2. The standard InChI is InChI=1S/C28H33N4O10P/c1-28(2,3)21-11-9-18(16-23(21)32(37)38)29-27(36)20-17-19(42-43(39,40)41-4)10-12-22(20)30-24(33)8-6-5-7-15-31-25(34)13-14-26(31)35/h9-14,16-17H,5-8,15H2,1-4H3,(H,29,36)(H,30,33)(H,39,40). The van der Waals surface area contributed by atoms with Crippen LogP contribution in [0.3, 0.4) is 0 Å². The SMILES string of the molecule is COP(=O)(O)Oc1ccc(NC(=O)CCCCCN2C(=O)C=CC2=O)c(C(=O)Nc2ccc(C(C)(C)C)c([N+](=O)[O-])c2)c1. The number of anilines is 2.